The second kappa shape index (κ2) is 9.55. The molecule has 0 aromatic carbocycles. The van der Waals surface area contributed by atoms with Crippen molar-refractivity contribution in [2.24, 2.45) is 5.41 Å². The highest BCUT2D eigenvalue weighted by Gasteiger charge is 2.44. The summed E-state index contributed by atoms with van der Waals surface area (Å²) in [6, 6.07) is 2.27. The van der Waals surface area contributed by atoms with E-state index in [4.69, 9.17) is 11.6 Å². The number of aryl methyl sites for hydroxylation is 1. The summed E-state index contributed by atoms with van der Waals surface area (Å²) in [5.41, 5.74) is 1.16. The topological polar surface area (TPSA) is 104 Å². The van der Waals surface area contributed by atoms with E-state index in [0.717, 1.165) is 5.56 Å². The number of amides is 1. The predicted octanol–water partition coefficient (Wildman–Crippen LogP) is 5.00. The maximum atomic E-state index is 14.8. The van der Waals surface area contributed by atoms with Crippen LogP contribution in [0.25, 0.3) is 16.7 Å². The quantitative estimate of drug-likeness (QED) is 0.475. The second-order valence-electron chi connectivity index (χ2n) is 10.9. The molecule has 4 rings (SSSR count). The third kappa shape index (κ3) is 4.63. The maximum Gasteiger partial charge on any atom is 0.407 e. The molecule has 2 unspecified atom stereocenters. The minimum Gasteiger partial charge on any atom is -0.465 e. The number of aromatic nitrogens is 4. The zero-order valence-electron chi connectivity index (χ0n) is 22.1. The SMILES string of the molecule is Cc1ccnc(C(C)C)c1-n1c(=O)nc(N2CCN(C(=O)O)C(C(C)(C)C)C2C)c2cc(F)c(Cl)nc21. The number of fused-ring (bicyclic) bond motifs is 1. The van der Waals surface area contributed by atoms with E-state index in [2.05, 4.69) is 15.0 Å². The fraction of sp³-hybridized carbons (Fsp3) is 0.500. The molecular formula is C26H32ClFN6O3. The number of hydrogen-bond donors (Lipinski definition) is 1. The number of pyridine rings is 2. The molecule has 0 saturated carbocycles. The Morgan fingerprint density at radius 2 is 1.92 bits per heavy atom. The van der Waals surface area contributed by atoms with Crippen molar-refractivity contribution in [3.05, 3.63) is 51.0 Å². The summed E-state index contributed by atoms with van der Waals surface area (Å²) in [4.78, 5) is 42.3. The van der Waals surface area contributed by atoms with Crippen molar-refractivity contribution in [3.63, 3.8) is 0 Å². The van der Waals surface area contributed by atoms with Gasteiger partial charge in [-0.3, -0.25) is 4.98 Å². The Balaban J connectivity index is 2.01. The first kappa shape index (κ1) is 26.8. The molecule has 0 radical (unpaired) electrons. The number of rotatable bonds is 3. The smallest absolute Gasteiger partial charge is 0.407 e. The normalized spacial score (nSPS) is 18.6. The van der Waals surface area contributed by atoms with Crippen LogP contribution in [0.2, 0.25) is 5.15 Å². The van der Waals surface area contributed by atoms with Gasteiger partial charge in [0, 0.05) is 25.3 Å². The molecule has 1 saturated heterocycles. The van der Waals surface area contributed by atoms with Gasteiger partial charge in [-0.05, 0) is 42.9 Å². The van der Waals surface area contributed by atoms with Gasteiger partial charge in [0.2, 0.25) is 0 Å². The number of halogens is 2. The monoisotopic (exact) mass is 530 g/mol. The molecule has 0 spiro atoms. The zero-order chi connectivity index (χ0) is 27.4. The number of carbonyl (C=O) groups is 1. The largest absolute Gasteiger partial charge is 0.465 e. The van der Waals surface area contributed by atoms with Crippen LogP contribution in [0, 0.1) is 18.2 Å². The summed E-state index contributed by atoms with van der Waals surface area (Å²) in [7, 11) is 0. The zero-order valence-corrected chi connectivity index (χ0v) is 22.8. The lowest BCUT2D eigenvalue weighted by Crippen LogP contribution is -2.64. The van der Waals surface area contributed by atoms with Crippen molar-refractivity contribution in [2.75, 3.05) is 18.0 Å². The van der Waals surface area contributed by atoms with E-state index in [1.54, 1.807) is 12.3 Å². The Morgan fingerprint density at radius 3 is 2.51 bits per heavy atom. The van der Waals surface area contributed by atoms with Crippen molar-refractivity contribution in [3.8, 4) is 5.69 Å². The van der Waals surface area contributed by atoms with Crippen LogP contribution in [-0.2, 0) is 0 Å². The Bertz CT molecular complexity index is 1430. The summed E-state index contributed by atoms with van der Waals surface area (Å²) in [6.45, 7) is 14.1. The minimum atomic E-state index is -1.01. The Kier molecular flexibility index (Phi) is 6.92. The van der Waals surface area contributed by atoms with Crippen molar-refractivity contribution in [1.82, 2.24) is 24.4 Å². The molecule has 1 amide bonds. The third-order valence-corrected chi connectivity index (χ3v) is 7.22. The Hall–Kier alpha value is -3.27. The van der Waals surface area contributed by atoms with Crippen LogP contribution < -0.4 is 10.6 Å². The fourth-order valence-corrected chi connectivity index (χ4v) is 5.62. The second-order valence-corrected chi connectivity index (χ2v) is 11.3. The van der Waals surface area contributed by atoms with E-state index in [0.29, 0.717) is 16.8 Å². The molecule has 1 aliphatic rings. The molecule has 9 nitrogen and oxygen atoms in total. The molecule has 11 heteroatoms. The number of nitrogens with zero attached hydrogens (tertiary/aromatic N) is 6. The fourth-order valence-electron chi connectivity index (χ4n) is 5.48. The van der Waals surface area contributed by atoms with E-state index in [1.807, 2.05) is 53.4 Å². The number of carboxylic acid groups (broad SMARTS) is 1. The van der Waals surface area contributed by atoms with E-state index < -0.39 is 29.1 Å². The molecule has 198 valence electrons. The Labute approximate surface area is 219 Å². The molecule has 0 bridgehead atoms. The number of hydrogen-bond acceptors (Lipinski definition) is 6. The van der Waals surface area contributed by atoms with E-state index in [-0.39, 0.29) is 41.7 Å². The van der Waals surface area contributed by atoms with Gasteiger partial charge in [0.1, 0.15) is 5.82 Å². The summed E-state index contributed by atoms with van der Waals surface area (Å²) >= 11 is 6.12. The van der Waals surface area contributed by atoms with Crippen LogP contribution in [0.4, 0.5) is 15.0 Å². The molecule has 37 heavy (non-hydrogen) atoms. The molecule has 1 N–H and O–H groups in total. The van der Waals surface area contributed by atoms with Gasteiger partial charge in [0.15, 0.2) is 16.6 Å². The average Bonchev–Trinajstić information content (AvgIpc) is 2.79. The van der Waals surface area contributed by atoms with Crippen LogP contribution in [-0.4, -0.2) is 60.8 Å². The minimum absolute atomic E-state index is 0.0101. The lowest BCUT2D eigenvalue weighted by atomic mass is 9.80. The lowest BCUT2D eigenvalue weighted by molar-refractivity contribution is 0.0562. The van der Waals surface area contributed by atoms with Gasteiger partial charge in [-0.2, -0.15) is 4.98 Å². The van der Waals surface area contributed by atoms with Crippen molar-refractivity contribution in [1.29, 1.82) is 0 Å². The van der Waals surface area contributed by atoms with E-state index >= 15 is 0 Å². The van der Waals surface area contributed by atoms with Gasteiger partial charge in [-0.1, -0.05) is 46.2 Å². The van der Waals surface area contributed by atoms with E-state index in [1.165, 1.54) is 15.5 Å². The Morgan fingerprint density at radius 1 is 1.24 bits per heavy atom. The first-order chi connectivity index (χ1) is 17.2. The van der Waals surface area contributed by atoms with Crippen LogP contribution in [0.1, 0.15) is 58.7 Å². The molecule has 3 aromatic heterocycles. The highest BCUT2D eigenvalue weighted by Crippen LogP contribution is 2.37. The molecule has 1 aliphatic heterocycles. The van der Waals surface area contributed by atoms with Gasteiger partial charge < -0.3 is 14.9 Å². The standard InChI is InChI=1S/C26H32ClFN6O3/c1-13(2)18-19(14(3)8-9-29-18)34-23-16(12-17(28)21(27)30-23)22(31-24(34)35)32-10-11-33(25(36)37)20(15(32)4)26(5,6)7/h8-9,12-13,15,20H,10-11H2,1-7H3,(H,36,37). The van der Waals surface area contributed by atoms with Crippen molar-refractivity contribution >= 4 is 34.5 Å². The summed E-state index contributed by atoms with van der Waals surface area (Å²) in [5, 5.41) is 9.80. The first-order valence-corrected chi connectivity index (χ1v) is 12.6. The van der Waals surface area contributed by atoms with Crippen LogP contribution in [0.3, 0.4) is 0 Å². The van der Waals surface area contributed by atoms with Gasteiger partial charge in [0.25, 0.3) is 0 Å². The number of anilines is 1. The summed E-state index contributed by atoms with van der Waals surface area (Å²) < 4.78 is 16.2. The number of piperazine rings is 1. The molecule has 4 heterocycles. The molecule has 1 fully saturated rings. The van der Waals surface area contributed by atoms with Crippen molar-refractivity contribution < 1.29 is 14.3 Å². The summed E-state index contributed by atoms with van der Waals surface area (Å²) in [6.07, 6.45) is 0.673. The van der Waals surface area contributed by atoms with Crippen LogP contribution in [0.5, 0.6) is 0 Å². The molecule has 0 aliphatic carbocycles. The average molecular weight is 531 g/mol. The highest BCUT2D eigenvalue weighted by atomic mass is 35.5. The summed E-state index contributed by atoms with van der Waals surface area (Å²) in [5.74, 6) is -0.499. The van der Waals surface area contributed by atoms with Crippen molar-refractivity contribution in [2.45, 2.75) is 66.5 Å². The predicted molar refractivity (Wildman–Crippen MR) is 142 cm³/mol. The van der Waals surface area contributed by atoms with Gasteiger partial charge in [-0.15, -0.1) is 0 Å². The molecule has 3 aromatic rings. The third-order valence-electron chi connectivity index (χ3n) is 6.95. The van der Waals surface area contributed by atoms with Gasteiger partial charge >= 0.3 is 11.8 Å². The lowest BCUT2D eigenvalue weighted by Gasteiger charge is -2.51. The van der Waals surface area contributed by atoms with E-state index in [9.17, 15) is 19.1 Å². The highest BCUT2D eigenvalue weighted by molar-refractivity contribution is 6.30. The maximum absolute atomic E-state index is 14.8. The molecule has 2 atom stereocenters. The van der Waals surface area contributed by atoms with Gasteiger partial charge in [-0.25, -0.2) is 23.5 Å². The van der Waals surface area contributed by atoms with Crippen LogP contribution in [0.15, 0.2) is 23.1 Å². The first-order valence-electron chi connectivity index (χ1n) is 12.2. The van der Waals surface area contributed by atoms with Gasteiger partial charge in [0.05, 0.1) is 22.8 Å². The molecular weight excluding hydrogens is 499 g/mol. The van der Waals surface area contributed by atoms with Crippen LogP contribution >= 0.6 is 11.6 Å².